The normalized spacial score (nSPS) is 11.0. The number of hydrogen-bond donors (Lipinski definition) is 0. The SMILES string of the molecule is C=CCn1c(SCc2ccc(Br)cc2F)nc2sccc2c1=O. The van der Waals surface area contributed by atoms with Gasteiger partial charge in [0, 0.05) is 16.8 Å². The number of thiophene rings is 1. The third-order valence-electron chi connectivity index (χ3n) is 3.23. The van der Waals surface area contributed by atoms with Gasteiger partial charge < -0.3 is 0 Å². The molecule has 0 N–H and O–H groups in total. The summed E-state index contributed by atoms with van der Waals surface area (Å²) in [5.74, 6) is 0.126. The minimum Gasteiger partial charge on any atom is -0.283 e. The van der Waals surface area contributed by atoms with Gasteiger partial charge in [0.2, 0.25) is 0 Å². The summed E-state index contributed by atoms with van der Waals surface area (Å²) in [4.78, 5) is 17.8. The van der Waals surface area contributed by atoms with Crippen molar-refractivity contribution in [2.24, 2.45) is 0 Å². The molecule has 2 aromatic heterocycles. The fraction of sp³-hybridized carbons (Fsp3) is 0.125. The zero-order chi connectivity index (χ0) is 16.4. The average Bonchev–Trinajstić information content (AvgIpc) is 2.98. The molecule has 1 aromatic carbocycles. The Balaban J connectivity index is 1.96. The number of aromatic nitrogens is 2. The molecule has 23 heavy (non-hydrogen) atoms. The van der Waals surface area contributed by atoms with Crippen LogP contribution in [-0.2, 0) is 12.3 Å². The summed E-state index contributed by atoms with van der Waals surface area (Å²) in [6, 6.07) is 6.73. The van der Waals surface area contributed by atoms with Crippen molar-refractivity contribution < 1.29 is 4.39 Å². The summed E-state index contributed by atoms with van der Waals surface area (Å²) < 4.78 is 16.2. The predicted octanol–water partition coefficient (Wildman–Crippen LogP) is 4.84. The Labute approximate surface area is 149 Å². The molecule has 0 bridgehead atoms. The molecular weight excluding hydrogens is 399 g/mol. The predicted molar refractivity (Wildman–Crippen MR) is 97.7 cm³/mol. The Morgan fingerprint density at radius 2 is 2.26 bits per heavy atom. The first-order chi connectivity index (χ1) is 11.1. The summed E-state index contributed by atoms with van der Waals surface area (Å²) in [5, 5.41) is 3.03. The standard InChI is InChI=1S/C16H12BrFN2OS2/c1-2-6-20-15(21)12-5-7-22-14(12)19-16(20)23-9-10-3-4-11(17)8-13(10)18/h2-5,7-8H,1,6,9H2. The highest BCUT2D eigenvalue weighted by Crippen LogP contribution is 2.26. The Bertz CT molecular complexity index is 935. The topological polar surface area (TPSA) is 34.9 Å². The van der Waals surface area contributed by atoms with E-state index in [1.54, 1.807) is 28.8 Å². The highest BCUT2D eigenvalue weighted by molar-refractivity contribution is 9.10. The summed E-state index contributed by atoms with van der Waals surface area (Å²) >= 11 is 6.02. The molecule has 0 saturated carbocycles. The maximum atomic E-state index is 13.9. The van der Waals surface area contributed by atoms with Crippen molar-refractivity contribution in [2.75, 3.05) is 0 Å². The van der Waals surface area contributed by atoms with Gasteiger partial charge in [-0.2, -0.15) is 0 Å². The third-order valence-corrected chi connectivity index (χ3v) is 5.56. The first-order valence-corrected chi connectivity index (χ1v) is 9.41. The van der Waals surface area contributed by atoms with Crippen molar-refractivity contribution in [2.45, 2.75) is 17.5 Å². The van der Waals surface area contributed by atoms with Gasteiger partial charge in [-0.1, -0.05) is 39.8 Å². The van der Waals surface area contributed by atoms with E-state index < -0.39 is 0 Å². The first-order valence-electron chi connectivity index (χ1n) is 6.76. The van der Waals surface area contributed by atoms with E-state index in [2.05, 4.69) is 27.5 Å². The first kappa shape index (κ1) is 16.4. The molecule has 0 spiro atoms. The number of hydrogen-bond acceptors (Lipinski definition) is 4. The van der Waals surface area contributed by atoms with Crippen molar-refractivity contribution in [1.82, 2.24) is 9.55 Å². The van der Waals surface area contributed by atoms with Crippen molar-refractivity contribution >= 4 is 49.2 Å². The minimum absolute atomic E-state index is 0.0880. The number of allylic oxidation sites excluding steroid dienone is 1. The van der Waals surface area contributed by atoms with Crippen LogP contribution in [0.2, 0.25) is 0 Å². The molecule has 7 heteroatoms. The number of halogens is 2. The zero-order valence-corrected chi connectivity index (χ0v) is 15.2. The molecule has 3 aromatic rings. The second-order valence-corrected chi connectivity index (χ2v) is 7.52. The molecule has 3 nitrogen and oxygen atoms in total. The maximum absolute atomic E-state index is 13.9. The van der Waals surface area contributed by atoms with E-state index in [0.29, 0.717) is 37.7 Å². The van der Waals surface area contributed by atoms with Crippen molar-refractivity contribution in [3.63, 3.8) is 0 Å². The van der Waals surface area contributed by atoms with E-state index in [9.17, 15) is 9.18 Å². The molecule has 0 amide bonds. The number of benzene rings is 1. The smallest absolute Gasteiger partial charge is 0.263 e. The Morgan fingerprint density at radius 3 is 3.00 bits per heavy atom. The number of fused-ring (bicyclic) bond motifs is 1. The Hall–Kier alpha value is -1.44. The lowest BCUT2D eigenvalue weighted by Gasteiger charge is -2.10. The molecule has 0 aliphatic carbocycles. The molecule has 0 aliphatic rings. The van der Waals surface area contributed by atoms with Gasteiger partial charge in [0.05, 0.1) is 5.39 Å². The van der Waals surface area contributed by atoms with Crippen LogP contribution in [0.25, 0.3) is 10.2 Å². The van der Waals surface area contributed by atoms with Crippen LogP contribution >= 0.6 is 39.0 Å². The van der Waals surface area contributed by atoms with Crippen LogP contribution in [0, 0.1) is 5.82 Å². The van der Waals surface area contributed by atoms with Gasteiger partial charge >= 0.3 is 0 Å². The lowest BCUT2D eigenvalue weighted by Crippen LogP contribution is -2.22. The van der Waals surface area contributed by atoms with Gasteiger partial charge in [0.15, 0.2) is 5.16 Å². The molecule has 3 rings (SSSR count). The molecule has 0 aliphatic heterocycles. The van der Waals surface area contributed by atoms with E-state index in [-0.39, 0.29) is 11.4 Å². The van der Waals surface area contributed by atoms with Crippen LogP contribution in [0.15, 0.2) is 56.7 Å². The average molecular weight is 411 g/mol. The molecule has 2 heterocycles. The second-order valence-electron chi connectivity index (χ2n) is 4.76. The Kier molecular flexibility index (Phi) is 4.99. The molecule has 118 valence electrons. The summed E-state index contributed by atoms with van der Waals surface area (Å²) in [6.45, 7) is 4.07. The third kappa shape index (κ3) is 3.41. The molecule has 0 unspecified atom stereocenters. The van der Waals surface area contributed by atoms with E-state index in [4.69, 9.17) is 0 Å². The van der Waals surface area contributed by atoms with Crippen molar-refractivity contribution in [1.29, 1.82) is 0 Å². The lowest BCUT2D eigenvalue weighted by atomic mass is 10.2. The van der Waals surface area contributed by atoms with Crippen LogP contribution in [0.5, 0.6) is 0 Å². The van der Waals surface area contributed by atoms with Gasteiger partial charge in [-0.15, -0.1) is 17.9 Å². The fourth-order valence-electron chi connectivity index (χ4n) is 2.11. The number of nitrogens with zero attached hydrogens (tertiary/aromatic N) is 2. The summed E-state index contributed by atoms with van der Waals surface area (Å²) in [6.07, 6.45) is 1.66. The van der Waals surface area contributed by atoms with Gasteiger partial charge in [-0.3, -0.25) is 9.36 Å². The van der Waals surface area contributed by atoms with E-state index in [0.717, 1.165) is 0 Å². The van der Waals surface area contributed by atoms with Gasteiger partial charge in [-0.05, 0) is 29.1 Å². The van der Waals surface area contributed by atoms with E-state index in [1.807, 2.05) is 5.38 Å². The van der Waals surface area contributed by atoms with Crippen LogP contribution in [0.4, 0.5) is 4.39 Å². The Morgan fingerprint density at radius 1 is 1.43 bits per heavy atom. The second kappa shape index (κ2) is 6.98. The zero-order valence-electron chi connectivity index (χ0n) is 12.0. The lowest BCUT2D eigenvalue weighted by molar-refractivity contribution is 0.616. The quantitative estimate of drug-likeness (QED) is 0.343. The fourth-order valence-corrected chi connectivity index (χ4v) is 4.24. The highest BCUT2D eigenvalue weighted by atomic mass is 79.9. The molecule has 0 saturated heterocycles. The molecule has 0 atom stereocenters. The summed E-state index contributed by atoms with van der Waals surface area (Å²) in [7, 11) is 0. The largest absolute Gasteiger partial charge is 0.283 e. The van der Waals surface area contributed by atoms with E-state index in [1.165, 1.54) is 29.2 Å². The van der Waals surface area contributed by atoms with Crippen LogP contribution in [0.1, 0.15) is 5.56 Å². The van der Waals surface area contributed by atoms with Crippen LogP contribution in [0.3, 0.4) is 0 Å². The van der Waals surface area contributed by atoms with Crippen LogP contribution in [-0.4, -0.2) is 9.55 Å². The molecule has 0 fully saturated rings. The van der Waals surface area contributed by atoms with Gasteiger partial charge in [0.25, 0.3) is 5.56 Å². The molecular formula is C16H12BrFN2OS2. The van der Waals surface area contributed by atoms with Gasteiger partial charge in [0.1, 0.15) is 10.6 Å². The number of thioether (sulfide) groups is 1. The maximum Gasteiger partial charge on any atom is 0.263 e. The van der Waals surface area contributed by atoms with Crippen molar-refractivity contribution in [3.8, 4) is 0 Å². The van der Waals surface area contributed by atoms with E-state index >= 15 is 0 Å². The molecule has 0 radical (unpaired) electrons. The van der Waals surface area contributed by atoms with Gasteiger partial charge in [-0.25, -0.2) is 9.37 Å². The summed E-state index contributed by atoms with van der Waals surface area (Å²) in [5.41, 5.74) is 0.485. The highest BCUT2D eigenvalue weighted by Gasteiger charge is 2.13. The number of rotatable bonds is 5. The van der Waals surface area contributed by atoms with Crippen molar-refractivity contribution in [3.05, 3.63) is 68.5 Å². The minimum atomic E-state index is -0.276. The van der Waals surface area contributed by atoms with Crippen LogP contribution < -0.4 is 5.56 Å². The monoisotopic (exact) mass is 410 g/mol.